The summed E-state index contributed by atoms with van der Waals surface area (Å²) in [5.74, 6) is -2.01. The maximum absolute atomic E-state index is 14.1. The second-order valence-electron chi connectivity index (χ2n) is 11.3. The van der Waals surface area contributed by atoms with Crippen molar-refractivity contribution < 1.29 is 19.5 Å². The van der Waals surface area contributed by atoms with E-state index in [-0.39, 0.29) is 30.1 Å². The fraction of sp³-hybridized carbons (Fsp3) is 0.406. The largest absolute Gasteiger partial charge is 0.388 e. The van der Waals surface area contributed by atoms with Crippen molar-refractivity contribution in [3.63, 3.8) is 0 Å². The number of allylic oxidation sites excluding steroid dienone is 5. The molecule has 198 valence electrons. The van der Waals surface area contributed by atoms with Gasteiger partial charge in [-0.25, -0.2) is 0 Å². The maximum atomic E-state index is 14.1. The van der Waals surface area contributed by atoms with E-state index >= 15 is 0 Å². The lowest BCUT2D eigenvalue weighted by atomic mass is 9.55. The SMILES string of the molecule is CC1=C(C)[C@H]2[C@H](Cc3c[nH]c4ccccc34)NC(=O)[C@@]23C(=O)/C=C\C(=O)C/C(C)=C\[C@@H](C)C/C=C\[C@H]3[C@@H]1O. The highest BCUT2D eigenvalue weighted by Gasteiger charge is 2.66. The van der Waals surface area contributed by atoms with Gasteiger partial charge in [0.15, 0.2) is 11.6 Å². The number of nitrogens with one attached hydrogen (secondary N) is 2. The van der Waals surface area contributed by atoms with Crippen LogP contribution in [-0.2, 0) is 20.8 Å². The van der Waals surface area contributed by atoms with Gasteiger partial charge in [0.1, 0.15) is 5.41 Å². The molecular weight excluding hydrogens is 476 g/mol. The highest BCUT2D eigenvalue weighted by atomic mass is 16.3. The van der Waals surface area contributed by atoms with Crippen molar-refractivity contribution in [3.05, 3.63) is 83.1 Å². The highest BCUT2D eigenvalue weighted by Crippen LogP contribution is 2.55. The van der Waals surface area contributed by atoms with Crippen LogP contribution >= 0.6 is 0 Å². The number of ketones is 2. The van der Waals surface area contributed by atoms with E-state index in [1.165, 1.54) is 12.2 Å². The minimum atomic E-state index is -1.53. The second-order valence-corrected chi connectivity index (χ2v) is 11.3. The summed E-state index contributed by atoms with van der Waals surface area (Å²) in [6.07, 6.45) is 10.9. The van der Waals surface area contributed by atoms with Gasteiger partial charge in [0.05, 0.1) is 6.10 Å². The Kier molecular flexibility index (Phi) is 6.86. The van der Waals surface area contributed by atoms with E-state index in [1.807, 2.05) is 63.4 Å². The minimum absolute atomic E-state index is 0.176. The molecule has 1 aliphatic heterocycles. The van der Waals surface area contributed by atoms with Gasteiger partial charge in [-0.15, -0.1) is 0 Å². The molecule has 3 aliphatic rings. The second kappa shape index (κ2) is 9.99. The summed E-state index contributed by atoms with van der Waals surface area (Å²) in [6.45, 7) is 7.81. The van der Waals surface area contributed by atoms with E-state index in [1.54, 1.807) is 0 Å². The van der Waals surface area contributed by atoms with Crippen LogP contribution in [0.3, 0.4) is 0 Å². The Morgan fingerprint density at radius 3 is 2.61 bits per heavy atom. The number of hydrogen-bond acceptors (Lipinski definition) is 4. The predicted molar refractivity (Wildman–Crippen MR) is 148 cm³/mol. The molecular formula is C32H36N2O4. The van der Waals surface area contributed by atoms with E-state index in [0.717, 1.165) is 33.2 Å². The van der Waals surface area contributed by atoms with Gasteiger partial charge < -0.3 is 15.4 Å². The Labute approximate surface area is 223 Å². The van der Waals surface area contributed by atoms with Crippen LogP contribution in [0, 0.1) is 23.2 Å². The van der Waals surface area contributed by atoms with Crippen molar-refractivity contribution in [2.45, 2.75) is 59.1 Å². The number of fused-ring (bicyclic) bond motifs is 1. The molecule has 2 aromatic rings. The third-order valence-corrected chi connectivity index (χ3v) is 8.80. The van der Waals surface area contributed by atoms with Gasteiger partial charge in [-0.1, -0.05) is 54.5 Å². The van der Waals surface area contributed by atoms with Crippen molar-refractivity contribution in [2.24, 2.45) is 23.2 Å². The number of amides is 1. The van der Waals surface area contributed by atoms with Crippen LogP contribution in [0.15, 0.2) is 77.6 Å². The topological polar surface area (TPSA) is 99.3 Å². The quantitative estimate of drug-likeness (QED) is 0.399. The molecule has 6 atom stereocenters. The van der Waals surface area contributed by atoms with Crippen LogP contribution in [0.1, 0.15) is 46.1 Å². The number of carbonyl (C=O) groups is 3. The molecule has 1 aromatic heterocycles. The standard InChI is InChI=1S/C32H36N2O4/c1-18-8-7-10-25-30(37)21(4)20(3)29-27(16-22-17-33-26-11-6-5-9-24(22)26)34-31(38)32(25,29)28(36)13-12-23(35)15-19(2)14-18/h5-7,9-14,17-18,25,27,29-30,33,37H,8,15-16H2,1-4H3,(H,34,38)/b10-7-,13-12-,19-14-/t18-,25-,27-,29-,30+,32-/m0/s1. The first-order valence-corrected chi connectivity index (χ1v) is 13.4. The zero-order valence-corrected chi connectivity index (χ0v) is 22.5. The Morgan fingerprint density at radius 2 is 1.82 bits per heavy atom. The number of hydrogen-bond donors (Lipinski definition) is 3. The molecule has 0 radical (unpaired) electrons. The third kappa shape index (κ3) is 4.21. The van der Waals surface area contributed by atoms with Gasteiger partial charge in [-0.3, -0.25) is 14.4 Å². The van der Waals surface area contributed by atoms with Crippen LogP contribution in [0.25, 0.3) is 10.9 Å². The molecule has 0 bridgehead atoms. The van der Waals surface area contributed by atoms with Crippen molar-refractivity contribution in [1.82, 2.24) is 10.3 Å². The number of aliphatic hydroxyl groups excluding tert-OH is 1. The Morgan fingerprint density at radius 1 is 1.05 bits per heavy atom. The molecule has 1 aromatic carbocycles. The smallest absolute Gasteiger partial charge is 0.235 e. The fourth-order valence-electron chi connectivity index (χ4n) is 6.91. The van der Waals surface area contributed by atoms with Crippen LogP contribution < -0.4 is 5.32 Å². The van der Waals surface area contributed by atoms with E-state index in [9.17, 15) is 19.5 Å². The number of H-pyrrole nitrogens is 1. The Bertz CT molecular complexity index is 1420. The summed E-state index contributed by atoms with van der Waals surface area (Å²) < 4.78 is 0. The first kappa shape index (κ1) is 26.1. The zero-order chi connectivity index (χ0) is 27.2. The maximum Gasteiger partial charge on any atom is 0.235 e. The summed E-state index contributed by atoms with van der Waals surface area (Å²) in [4.78, 5) is 44.2. The molecule has 0 saturated carbocycles. The van der Waals surface area contributed by atoms with Gasteiger partial charge in [0.25, 0.3) is 0 Å². The van der Waals surface area contributed by atoms with Gasteiger partial charge >= 0.3 is 0 Å². The summed E-state index contributed by atoms with van der Waals surface area (Å²) in [6, 6.07) is 7.68. The molecule has 0 unspecified atom stereocenters. The van der Waals surface area contributed by atoms with Crippen LogP contribution in [0.2, 0.25) is 0 Å². The lowest BCUT2D eigenvalue weighted by Crippen LogP contribution is -2.55. The monoisotopic (exact) mass is 512 g/mol. The predicted octanol–water partition coefficient (Wildman–Crippen LogP) is 4.77. The Balaban J connectivity index is 1.64. The number of aliphatic hydroxyl groups is 1. The minimum Gasteiger partial charge on any atom is -0.388 e. The van der Waals surface area contributed by atoms with Crippen LogP contribution in [0.5, 0.6) is 0 Å². The number of aromatic amines is 1. The average molecular weight is 513 g/mol. The van der Waals surface area contributed by atoms with E-state index in [2.05, 4.69) is 23.3 Å². The number of para-hydroxylation sites is 1. The molecule has 1 spiro atoms. The van der Waals surface area contributed by atoms with Crippen molar-refractivity contribution >= 4 is 28.4 Å². The first-order valence-electron chi connectivity index (χ1n) is 13.4. The number of carbonyl (C=O) groups excluding carboxylic acids is 3. The number of aromatic nitrogens is 1. The highest BCUT2D eigenvalue weighted by molar-refractivity contribution is 6.15. The summed E-state index contributed by atoms with van der Waals surface area (Å²) in [5, 5.41) is 15.7. The van der Waals surface area contributed by atoms with Crippen molar-refractivity contribution in [2.75, 3.05) is 0 Å². The van der Waals surface area contributed by atoms with Crippen molar-refractivity contribution in [1.29, 1.82) is 0 Å². The molecule has 3 N–H and O–H groups in total. The molecule has 6 nitrogen and oxygen atoms in total. The van der Waals surface area contributed by atoms with Crippen LogP contribution in [0.4, 0.5) is 0 Å². The summed E-state index contributed by atoms with van der Waals surface area (Å²) in [5.41, 5.74) is 3.14. The molecule has 2 heterocycles. The third-order valence-electron chi connectivity index (χ3n) is 8.80. The average Bonchev–Trinajstić information content (AvgIpc) is 3.41. The lowest BCUT2D eigenvalue weighted by molar-refractivity contribution is -0.144. The van der Waals surface area contributed by atoms with E-state index < -0.39 is 29.1 Å². The molecule has 1 fully saturated rings. The Hall–Kier alpha value is -3.51. The van der Waals surface area contributed by atoms with E-state index in [4.69, 9.17) is 0 Å². The van der Waals surface area contributed by atoms with E-state index in [0.29, 0.717) is 12.8 Å². The van der Waals surface area contributed by atoms with Gasteiger partial charge in [0.2, 0.25) is 5.91 Å². The molecule has 2 aliphatic carbocycles. The lowest BCUT2D eigenvalue weighted by Gasteiger charge is -2.45. The van der Waals surface area contributed by atoms with Gasteiger partial charge in [0, 0.05) is 41.4 Å². The van der Waals surface area contributed by atoms with Gasteiger partial charge in [-0.05, 0) is 68.9 Å². The first-order chi connectivity index (χ1) is 18.1. The molecule has 1 amide bonds. The molecule has 5 rings (SSSR count). The molecule has 38 heavy (non-hydrogen) atoms. The molecule has 6 heteroatoms. The molecule has 1 saturated heterocycles. The number of benzene rings is 1. The fourth-order valence-corrected chi connectivity index (χ4v) is 6.91. The summed E-state index contributed by atoms with van der Waals surface area (Å²) >= 11 is 0. The zero-order valence-electron chi connectivity index (χ0n) is 22.5. The number of rotatable bonds is 2. The summed E-state index contributed by atoms with van der Waals surface area (Å²) in [7, 11) is 0. The normalized spacial score (nSPS) is 35.3. The van der Waals surface area contributed by atoms with Crippen LogP contribution in [-0.4, -0.2) is 39.7 Å². The van der Waals surface area contributed by atoms with Crippen molar-refractivity contribution in [3.8, 4) is 0 Å². The van der Waals surface area contributed by atoms with Gasteiger partial charge in [-0.2, -0.15) is 0 Å².